The van der Waals surface area contributed by atoms with Crippen LogP contribution in [-0.2, 0) is 6.54 Å². The minimum atomic E-state index is -0.218. The standard InChI is InChI=1S/C20H22N4O2/c1-14-7-8-18(15(2)11-14)26-17-6-4-5-16(12-17)23-20(25)24(3)13-19-21-9-10-22-19/h4-12H,13H2,1-3H3,(H,21,22)(H,23,25). The quantitative estimate of drug-likeness (QED) is 0.712. The lowest BCUT2D eigenvalue weighted by molar-refractivity contribution is 0.219. The van der Waals surface area contributed by atoms with Gasteiger partial charge in [0.2, 0.25) is 0 Å². The Kier molecular flexibility index (Phi) is 5.22. The molecular formula is C20H22N4O2. The zero-order valence-electron chi connectivity index (χ0n) is 15.1. The summed E-state index contributed by atoms with van der Waals surface area (Å²) in [4.78, 5) is 21.0. The van der Waals surface area contributed by atoms with E-state index in [-0.39, 0.29) is 6.03 Å². The van der Waals surface area contributed by atoms with E-state index in [1.165, 1.54) is 5.56 Å². The van der Waals surface area contributed by atoms with Crippen molar-refractivity contribution in [3.05, 3.63) is 71.8 Å². The molecule has 0 fully saturated rings. The fourth-order valence-corrected chi connectivity index (χ4v) is 2.58. The van der Waals surface area contributed by atoms with E-state index in [0.717, 1.165) is 17.1 Å². The molecule has 0 radical (unpaired) electrons. The van der Waals surface area contributed by atoms with E-state index in [4.69, 9.17) is 4.74 Å². The van der Waals surface area contributed by atoms with E-state index < -0.39 is 0 Å². The summed E-state index contributed by atoms with van der Waals surface area (Å²) < 4.78 is 5.95. The van der Waals surface area contributed by atoms with Crippen molar-refractivity contribution in [2.45, 2.75) is 20.4 Å². The first-order valence-electron chi connectivity index (χ1n) is 8.37. The monoisotopic (exact) mass is 350 g/mol. The Balaban J connectivity index is 1.66. The summed E-state index contributed by atoms with van der Waals surface area (Å²) in [5, 5.41) is 2.87. The van der Waals surface area contributed by atoms with Gasteiger partial charge in [-0.15, -0.1) is 0 Å². The molecular weight excluding hydrogens is 328 g/mol. The number of aromatic nitrogens is 2. The minimum Gasteiger partial charge on any atom is -0.457 e. The molecule has 0 spiro atoms. The molecule has 0 unspecified atom stereocenters. The topological polar surface area (TPSA) is 70.2 Å². The Hall–Kier alpha value is -3.28. The Labute approximate surface area is 152 Å². The summed E-state index contributed by atoms with van der Waals surface area (Å²) in [5.41, 5.74) is 2.93. The average molecular weight is 350 g/mol. The molecule has 6 nitrogen and oxygen atoms in total. The third-order valence-electron chi connectivity index (χ3n) is 3.93. The van der Waals surface area contributed by atoms with Crippen LogP contribution in [0.3, 0.4) is 0 Å². The van der Waals surface area contributed by atoms with Gasteiger partial charge in [-0.05, 0) is 37.6 Å². The minimum absolute atomic E-state index is 0.218. The summed E-state index contributed by atoms with van der Waals surface area (Å²) in [5.74, 6) is 2.20. The highest BCUT2D eigenvalue weighted by molar-refractivity contribution is 5.89. The zero-order chi connectivity index (χ0) is 18.5. The second kappa shape index (κ2) is 7.74. The van der Waals surface area contributed by atoms with Crippen molar-refractivity contribution in [1.29, 1.82) is 0 Å². The van der Waals surface area contributed by atoms with Crippen LogP contribution in [0.2, 0.25) is 0 Å². The number of nitrogens with zero attached hydrogens (tertiary/aromatic N) is 2. The first kappa shape index (κ1) is 17.5. The molecule has 0 aliphatic carbocycles. The highest BCUT2D eigenvalue weighted by Gasteiger charge is 2.11. The van der Waals surface area contributed by atoms with E-state index >= 15 is 0 Å². The van der Waals surface area contributed by atoms with Crippen LogP contribution in [0.4, 0.5) is 10.5 Å². The van der Waals surface area contributed by atoms with Crippen LogP contribution < -0.4 is 10.1 Å². The predicted octanol–water partition coefficient (Wildman–Crippen LogP) is 4.48. The highest BCUT2D eigenvalue weighted by atomic mass is 16.5. The number of imidazole rings is 1. The lowest BCUT2D eigenvalue weighted by Gasteiger charge is -2.17. The van der Waals surface area contributed by atoms with Crippen molar-refractivity contribution >= 4 is 11.7 Å². The number of amides is 2. The molecule has 2 amide bonds. The Morgan fingerprint density at radius 3 is 2.81 bits per heavy atom. The largest absolute Gasteiger partial charge is 0.457 e. The molecule has 26 heavy (non-hydrogen) atoms. The molecule has 3 rings (SSSR count). The number of benzene rings is 2. The Morgan fingerprint density at radius 1 is 1.23 bits per heavy atom. The number of nitrogens with one attached hydrogen (secondary N) is 2. The van der Waals surface area contributed by atoms with Crippen molar-refractivity contribution in [3.63, 3.8) is 0 Å². The summed E-state index contributed by atoms with van der Waals surface area (Å²) in [6.07, 6.45) is 3.39. The van der Waals surface area contributed by atoms with Crippen molar-refractivity contribution in [3.8, 4) is 11.5 Å². The normalized spacial score (nSPS) is 10.4. The number of hydrogen-bond acceptors (Lipinski definition) is 3. The summed E-state index contributed by atoms with van der Waals surface area (Å²) >= 11 is 0. The molecule has 1 heterocycles. The summed E-state index contributed by atoms with van der Waals surface area (Å²) in [6.45, 7) is 4.46. The van der Waals surface area contributed by atoms with Crippen molar-refractivity contribution < 1.29 is 9.53 Å². The molecule has 6 heteroatoms. The number of aromatic amines is 1. The molecule has 0 saturated heterocycles. The first-order valence-corrected chi connectivity index (χ1v) is 8.37. The molecule has 1 aromatic heterocycles. The van der Waals surface area contributed by atoms with Gasteiger partial charge >= 0.3 is 6.03 Å². The molecule has 0 bridgehead atoms. The average Bonchev–Trinajstić information content (AvgIpc) is 3.11. The highest BCUT2D eigenvalue weighted by Crippen LogP contribution is 2.27. The van der Waals surface area contributed by atoms with Gasteiger partial charge in [0.15, 0.2) is 0 Å². The predicted molar refractivity (Wildman–Crippen MR) is 102 cm³/mol. The maximum absolute atomic E-state index is 12.3. The van der Waals surface area contributed by atoms with Crippen LogP contribution in [0, 0.1) is 13.8 Å². The number of rotatable bonds is 5. The fraction of sp³-hybridized carbons (Fsp3) is 0.200. The van der Waals surface area contributed by atoms with Crippen molar-refractivity contribution in [1.82, 2.24) is 14.9 Å². The van der Waals surface area contributed by atoms with Gasteiger partial charge in [-0.2, -0.15) is 0 Å². The number of aryl methyl sites for hydroxylation is 2. The van der Waals surface area contributed by atoms with Crippen LogP contribution >= 0.6 is 0 Å². The maximum atomic E-state index is 12.3. The zero-order valence-corrected chi connectivity index (χ0v) is 15.1. The van der Waals surface area contributed by atoms with Crippen molar-refractivity contribution in [2.24, 2.45) is 0 Å². The molecule has 2 aromatic carbocycles. The third kappa shape index (κ3) is 4.42. The van der Waals surface area contributed by atoms with Crippen LogP contribution in [-0.4, -0.2) is 27.9 Å². The number of H-pyrrole nitrogens is 1. The number of carbonyl (C=O) groups excluding carboxylic acids is 1. The lowest BCUT2D eigenvalue weighted by atomic mass is 10.1. The molecule has 0 atom stereocenters. The van der Waals surface area contributed by atoms with Gasteiger partial charge < -0.3 is 19.9 Å². The number of urea groups is 1. The number of anilines is 1. The van der Waals surface area contributed by atoms with Gasteiger partial charge in [-0.1, -0.05) is 23.8 Å². The second-order valence-corrected chi connectivity index (χ2v) is 6.22. The van der Waals surface area contributed by atoms with Crippen molar-refractivity contribution in [2.75, 3.05) is 12.4 Å². The number of carbonyl (C=O) groups is 1. The van der Waals surface area contributed by atoms with Gasteiger partial charge in [0.1, 0.15) is 17.3 Å². The van der Waals surface area contributed by atoms with Gasteiger partial charge in [0.05, 0.1) is 6.54 Å². The molecule has 2 N–H and O–H groups in total. The van der Waals surface area contributed by atoms with Crippen LogP contribution in [0.5, 0.6) is 11.5 Å². The summed E-state index contributed by atoms with van der Waals surface area (Å²) in [7, 11) is 1.72. The molecule has 0 aliphatic heterocycles. The second-order valence-electron chi connectivity index (χ2n) is 6.22. The van der Waals surface area contributed by atoms with E-state index in [1.54, 1.807) is 30.4 Å². The molecule has 134 valence electrons. The van der Waals surface area contributed by atoms with Gasteiger partial charge in [0.25, 0.3) is 0 Å². The number of hydrogen-bond donors (Lipinski definition) is 2. The van der Waals surface area contributed by atoms with Gasteiger partial charge in [0, 0.05) is 31.2 Å². The van der Waals surface area contributed by atoms with Crippen LogP contribution in [0.25, 0.3) is 0 Å². The van der Waals surface area contributed by atoms with Gasteiger partial charge in [-0.25, -0.2) is 9.78 Å². The smallest absolute Gasteiger partial charge is 0.321 e. The van der Waals surface area contributed by atoms with Gasteiger partial charge in [-0.3, -0.25) is 0 Å². The molecule has 3 aromatic rings. The molecule has 0 saturated carbocycles. The van der Waals surface area contributed by atoms with E-state index in [0.29, 0.717) is 18.0 Å². The van der Waals surface area contributed by atoms with E-state index in [1.807, 2.05) is 44.2 Å². The Bertz CT molecular complexity index is 891. The summed E-state index contributed by atoms with van der Waals surface area (Å²) in [6, 6.07) is 13.2. The number of ether oxygens (including phenoxy) is 1. The van der Waals surface area contributed by atoms with Crippen LogP contribution in [0.1, 0.15) is 17.0 Å². The maximum Gasteiger partial charge on any atom is 0.321 e. The Morgan fingerprint density at radius 2 is 2.08 bits per heavy atom. The van der Waals surface area contributed by atoms with E-state index in [2.05, 4.69) is 21.4 Å². The fourth-order valence-electron chi connectivity index (χ4n) is 2.58. The van der Waals surface area contributed by atoms with Crippen LogP contribution in [0.15, 0.2) is 54.9 Å². The lowest BCUT2D eigenvalue weighted by Crippen LogP contribution is -2.31. The van der Waals surface area contributed by atoms with E-state index in [9.17, 15) is 4.79 Å². The third-order valence-corrected chi connectivity index (χ3v) is 3.93. The first-order chi connectivity index (χ1) is 12.5. The molecule has 0 aliphatic rings. The SMILES string of the molecule is Cc1ccc(Oc2cccc(NC(=O)N(C)Cc3ncc[nH]3)c2)c(C)c1.